The number of hydrogen-bond donors (Lipinski definition) is 2. The van der Waals surface area contributed by atoms with Crippen LogP contribution in [0.15, 0.2) is 0 Å². The van der Waals surface area contributed by atoms with Crippen LogP contribution in [0.1, 0.15) is 39.5 Å². The van der Waals surface area contributed by atoms with E-state index in [1.165, 1.54) is 12.8 Å². The molecule has 4 heteroatoms. The molecule has 0 aromatic rings. The highest BCUT2D eigenvalue weighted by atomic mass is 16.5. The molecule has 0 bridgehead atoms. The fourth-order valence-electron chi connectivity index (χ4n) is 2.40. The first-order valence-corrected chi connectivity index (χ1v) is 6.78. The molecule has 1 heterocycles. The quantitative estimate of drug-likeness (QED) is 0.703. The van der Waals surface area contributed by atoms with E-state index in [9.17, 15) is 5.11 Å². The fourth-order valence-corrected chi connectivity index (χ4v) is 2.40. The summed E-state index contributed by atoms with van der Waals surface area (Å²) < 4.78 is 5.41. The minimum atomic E-state index is -0.420. The van der Waals surface area contributed by atoms with Crippen LogP contribution in [0.25, 0.3) is 0 Å². The molecule has 1 fully saturated rings. The highest BCUT2D eigenvalue weighted by Crippen LogP contribution is 2.19. The molecule has 0 radical (unpaired) electrons. The second-order valence-electron chi connectivity index (χ2n) is 5.19. The molecule has 2 N–H and O–H groups in total. The predicted molar refractivity (Wildman–Crippen MR) is 68.0 cm³/mol. The number of β-amino-alcohol motifs (C(OH)–C–C–N with tert-alkyl or cyclic N) is 1. The predicted octanol–water partition coefficient (Wildman–Crippen LogP) is 1.01. The van der Waals surface area contributed by atoms with Crippen molar-refractivity contribution in [2.24, 2.45) is 0 Å². The van der Waals surface area contributed by atoms with E-state index in [-0.39, 0.29) is 12.7 Å². The second-order valence-corrected chi connectivity index (χ2v) is 5.19. The van der Waals surface area contributed by atoms with Crippen molar-refractivity contribution in [3.8, 4) is 0 Å². The summed E-state index contributed by atoms with van der Waals surface area (Å²) in [6.45, 7) is 6.28. The van der Waals surface area contributed by atoms with Crippen LogP contribution in [0.4, 0.5) is 0 Å². The number of nitrogens with zero attached hydrogens (tertiary/aromatic N) is 1. The average Bonchev–Trinajstić information content (AvgIpc) is 2.29. The minimum Gasteiger partial charge on any atom is -0.396 e. The zero-order valence-electron chi connectivity index (χ0n) is 11.1. The van der Waals surface area contributed by atoms with Gasteiger partial charge in [0.05, 0.1) is 18.8 Å². The van der Waals surface area contributed by atoms with E-state index in [4.69, 9.17) is 9.84 Å². The Morgan fingerprint density at radius 1 is 1.35 bits per heavy atom. The molecule has 0 saturated carbocycles. The number of aliphatic hydroxyl groups excluding tert-OH is 2. The SMILES string of the molecule is CC(C)OC[C@@H](O)CN1CCCC[C@@H]1CCO. The lowest BCUT2D eigenvalue weighted by molar-refractivity contribution is -0.0203. The van der Waals surface area contributed by atoms with Crippen molar-refractivity contribution in [2.75, 3.05) is 26.3 Å². The first-order chi connectivity index (χ1) is 8.13. The van der Waals surface area contributed by atoms with Crippen LogP contribution < -0.4 is 0 Å². The number of ether oxygens (including phenoxy) is 1. The Morgan fingerprint density at radius 3 is 2.76 bits per heavy atom. The van der Waals surface area contributed by atoms with Gasteiger partial charge in [0.15, 0.2) is 0 Å². The third kappa shape index (κ3) is 5.82. The van der Waals surface area contributed by atoms with Gasteiger partial charge in [0.1, 0.15) is 0 Å². The normalized spacial score (nSPS) is 24.2. The topological polar surface area (TPSA) is 52.9 Å². The Kier molecular flexibility index (Phi) is 7.04. The third-order valence-corrected chi connectivity index (χ3v) is 3.28. The summed E-state index contributed by atoms with van der Waals surface area (Å²) in [5, 5.41) is 18.9. The molecule has 1 saturated heterocycles. The molecular formula is C13H27NO3. The Bertz CT molecular complexity index is 197. The first kappa shape index (κ1) is 14.9. The summed E-state index contributed by atoms with van der Waals surface area (Å²) in [6, 6.07) is 0.433. The zero-order valence-corrected chi connectivity index (χ0v) is 11.1. The molecule has 0 unspecified atom stereocenters. The summed E-state index contributed by atoms with van der Waals surface area (Å²) >= 11 is 0. The molecule has 102 valence electrons. The lowest BCUT2D eigenvalue weighted by Crippen LogP contribution is -2.45. The van der Waals surface area contributed by atoms with Crippen LogP contribution in [0.5, 0.6) is 0 Å². The lowest BCUT2D eigenvalue weighted by atomic mass is 9.99. The van der Waals surface area contributed by atoms with Crippen molar-refractivity contribution < 1.29 is 14.9 Å². The van der Waals surface area contributed by atoms with Gasteiger partial charge in [-0.05, 0) is 39.7 Å². The van der Waals surface area contributed by atoms with E-state index >= 15 is 0 Å². The number of aliphatic hydroxyl groups is 2. The first-order valence-electron chi connectivity index (χ1n) is 6.78. The molecule has 0 aliphatic carbocycles. The summed E-state index contributed by atoms with van der Waals surface area (Å²) in [4.78, 5) is 2.30. The Labute approximate surface area is 105 Å². The molecule has 1 aliphatic heterocycles. The minimum absolute atomic E-state index is 0.166. The number of likely N-dealkylation sites (tertiary alicyclic amines) is 1. The van der Waals surface area contributed by atoms with Crippen molar-refractivity contribution in [2.45, 2.75) is 57.8 Å². The summed E-state index contributed by atoms with van der Waals surface area (Å²) in [5.41, 5.74) is 0. The molecular weight excluding hydrogens is 218 g/mol. The number of hydrogen-bond acceptors (Lipinski definition) is 4. The maximum Gasteiger partial charge on any atom is 0.0900 e. The van der Waals surface area contributed by atoms with Crippen molar-refractivity contribution in [1.29, 1.82) is 0 Å². The van der Waals surface area contributed by atoms with E-state index in [0.717, 1.165) is 19.4 Å². The van der Waals surface area contributed by atoms with Gasteiger partial charge in [-0.3, -0.25) is 4.90 Å². The second kappa shape index (κ2) is 8.03. The summed E-state index contributed by atoms with van der Waals surface area (Å²) in [5.74, 6) is 0. The van der Waals surface area contributed by atoms with Gasteiger partial charge in [0, 0.05) is 19.2 Å². The molecule has 0 aromatic carbocycles. The van der Waals surface area contributed by atoms with Gasteiger partial charge in [-0.25, -0.2) is 0 Å². The van der Waals surface area contributed by atoms with Gasteiger partial charge < -0.3 is 14.9 Å². The highest BCUT2D eigenvalue weighted by Gasteiger charge is 2.23. The van der Waals surface area contributed by atoms with Crippen LogP contribution in [-0.2, 0) is 4.74 Å². The molecule has 0 aromatic heterocycles. The number of rotatable bonds is 7. The van der Waals surface area contributed by atoms with Crippen LogP contribution in [0.3, 0.4) is 0 Å². The van der Waals surface area contributed by atoms with Gasteiger partial charge in [0.2, 0.25) is 0 Å². The van der Waals surface area contributed by atoms with Crippen molar-refractivity contribution in [3.63, 3.8) is 0 Å². The van der Waals surface area contributed by atoms with E-state index in [1.807, 2.05) is 13.8 Å². The van der Waals surface area contributed by atoms with Crippen LogP contribution in [0, 0.1) is 0 Å². The van der Waals surface area contributed by atoms with Gasteiger partial charge in [-0.1, -0.05) is 6.42 Å². The van der Waals surface area contributed by atoms with E-state index < -0.39 is 6.10 Å². The van der Waals surface area contributed by atoms with E-state index in [2.05, 4.69) is 4.90 Å². The maximum absolute atomic E-state index is 9.91. The molecule has 0 spiro atoms. The third-order valence-electron chi connectivity index (χ3n) is 3.28. The molecule has 1 rings (SSSR count). The van der Waals surface area contributed by atoms with Crippen molar-refractivity contribution in [1.82, 2.24) is 4.90 Å². The van der Waals surface area contributed by atoms with Crippen LogP contribution in [0.2, 0.25) is 0 Å². The van der Waals surface area contributed by atoms with Crippen LogP contribution >= 0.6 is 0 Å². The molecule has 2 atom stereocenters. The van der Waals surface area contributed by atoms with E-state index in [1.54, 1.807) is 0 Å². The highest BCUT2D eigenvalue weighted by molar-refractivity contribution is 4.78. The zero-order chi connectivity index (χ0) is 12.7. The van der Waals surface area contributed by atoms with Crippen LogP contribution in [-0.4, -0.2) is 59.7 Å². The van der Waals surface area contributed by atoms with Crippen molar-refractivity contribution in [3.05, 3.63) is 0 Å². The Morgan fingerprint density at radius 2 is 2.12 bits per heavy atom. The van der Waals surface area contributed by atoms with Gasteiger partial charge >= 0.3 is 0 Å². The molecule has 1 aliphatic rings. The Hall–Kier alpha value is -0.160. The average molecular weight is 245 g/mol. The standard InChI is InChI=1S/C13H27NO3/c1-11(2)17-10-13(16)9-14-7-4-3-5-12(14)6-8-15/h11-13,15-16H,3-10H2,1-2H3/t12-,13+/m1/s1. The number of piperidine rings is 1. The van der Waals surface area contributed by atoms with Gasteiger partial charge in [0.25, 0.3) is 0 Å². The van der Waals surface area contributed by atoms with Gasteiger partial charge in [-0.15, -0.1) is 0 Å². The summed E-state index contributed by atoms with van der Waals surface area (Å²) in [7, 11) is 0. The van der Waals surface area contributed by atoms with Crippen molar-refractivity contribution >= 4 is 0 Å². The molecule has 17 heavy (non-hydrogen) atoms. The molecule has 4 nitrogen and oxygen atoms in total. The fraction of sp³-hybridized carbons (Fsp3) is 1.00. The van der Waals surface area contributed by atoms with E-state index in [0.29, 0.717) is 19.2 Å². The largest absolute Gasteiger partial charge is 0.396 e. The maximum atomic E-state index is 9.91. The lowest BCUT2D eigenvalue weighted by Gasteiger charge is -2.36. The summed E-state index contributed by atoms with van der Waals surface area (Å²) in [6.07, 6.45) is 4.13. The molecule has 0 amide bonds. The van der Waals surface area contributed by atoms with Gasteiger partial charge in [-0.2, -0.15) is 0 Å². The Balaban J connectivity index is 2.30. The monoisotopic (exact) mass is 245 g/mol. The smallest absolute Gasteiger partial charge is 0.0900 e.